The van der Waals surface area contributed by atoms with Crippen molar-refractivity contribution in [3.05, 3.63) is 89.4 Å². The van der Waals surface area contributed by atoms with Gasteiger partial charge in [-0.05, 0) is 61.0 Å². The lowest BCUT2D eigenvalue weighted by Gasteiger charge is -2.24. The van der Waals surface area contributed by atoms with E-state index in [0.717, 1.165) is 15.6 Å². The summed E-state index contributed by atoms with van der Waals surface area (Å²) in [4.78, 5) is 12.7. The fourth-order valence-electron chi connectivity index (χ4n) is 2.90. The maximum Gasteiger partial charge on any atom is 0.264 e. The van der Waals surface area contributed by atoms with E-state index in [9.17, 15) is 13.2 Å². The van der Waals surface area contributed by atoms with Crippen molar-refractivity contribution in [2.24, 2.45) is 0 Å². The topological polar surface area (TPSA) is 75.7 Å². The minimum atomic E-state index is -3.94. The molecule has 0 radical (unpaired) electrons. The number of hydrogen-bond donors (Lipinski definition) is 1. The van der Waals surface area contributed by atoms with Gasteiger partial charge >= 0.3 is 0 Å². The van der Waals surface area contributed by atoms with Crippen LogP contribution < -0.4 is 14.4 Å². The highest BCUT2D eigenvalue weighted by Gasteiger charge is 2.27. The van der Waals surface area contributed by atoms with Gasteiger partial charge in [0.15, 0.2) is 0 Å². The van der Waals surface area contributed by atoms with Gasteiger partial charge in [-0.2, -0.15) is 0 Å². The number of anilines is 1. The molecule has 1 N–H and O–H groups in total. The molecular weight excluding hydrogens is 436 g/mol. The van der Waals surface area contributed by atoms with E-state index in [1.807, 2.05) is 31.2 Å². The zero-order chi connectivity index (χ0) is 22.3. The molecule has 0 aliphatic heterocycles. The van der Waals surface area contributed by atoms with Crippen LogP contribution in [-0.4, -0.2) is 27.5 Å². The third kappa shape index (κ3) is 5.99. The molecule has 0 heterocycles. The second-order valence-corrected chi connectivity index (χ2v) is 8.95. The Bertz CT molecular complexity index is 1100. The summed E-state index contributed by atoms with van der Waals surface area (Å²) in [6.45, 7) is 2.39. The first-order valence-electron chi connectivity index (χ1n) is 9.72. The molecule has 0 saturated carbocycles. The molecule has 3 aromatic rings. The average molecular weight is 459 g/mol. The van der Waals surface area contributed by atoms with Gasteiger partial charge in [0.1, 0.15) is 12.3 Å². The second kappa shape index (κ2) is 10.3. The van der Waals surface area contributed by atoms with E-state index in [0.29, 0.717) is 17.3 Å². The van der Waals surface area contributed by atoms with Crippen molar-refractivity contribution < 1.29 is 17.9 Å². The molecule has 0 aromatic heterocycles. The summed E-state index contributed by atoms with van der Waals surface area (Å²) in [5, 5.41) is 3.25. The Labute approximate surface area is 187 Å². The number of halogens is 1. The predicted octanol–water partition coefficient (Wildman–Crippen LogP) is 4.25. The molecule has 0 unspecified atom stereocenters. The highest BCUT2D eigenvalue weighted by atomic mass is 35.5. The van der Waals surface area contributed by atoms with Crippen LogP contribution in [0.4, 0.5) is 5.69 Å². The van der Waals surface area contributed by atoms with Gasteiger partial charge in [0.05, 0.1) is 17.2 Å². The smallest absolute Gasteiger partial charge is 0.264 e. The Kier molecular flexibility index (Phi) is 7.55. The number of sulfonamides is 1. The van der Waals surface area contributed by atoms with Crippen molar-refractivity contribution in [3.8, 4) is 5.75 Å². The van der Waals surface area contributed by atoms with Crippen molar-refractivity contribution in [3.63, 3.8) is 0 Å². The number of rotatable bonds is 9. The number of carbonyl (C=O) groups is 1. The summed E-state index contributed by atoms with van der Waals surface area (Å²) in [6, 6.07) is 21.7. The second-order valence-electron chi connectivity index (χ2n) is 6.65. The summed E-state index contributed by atoms with van der Waals surface area (Å²) < 4.78 is 32.9. The van der Waals surface area contributed by atoms with Crippen LogP contribution in [0.5, 0.6) is 5.75 Å². The van der Waals surface area contributed by atoms with Crippen molar-refractivity contribution in [1.82, 2.24) is 5.32 Å². The van der Waals surface area contributed by atoms with Crippen LogP contribution in [0.3, 0.4) is 0 Å². The summed E-state index contributed by atoms with van der Waals surface area (Å²) >= 11 is 5.95. The zero-order valence-corrected chi connectivity index (χ0v) is 18.6. The molecule has 0 spiro atoms. The maximum atomic E-state index is 13.2. The molecule has 162 valence electrons. The number of hydrogen-bond acceptors (Lipinski definition) is 4. The van der Waals surface area contributed by atoms with Crippen LogP contribution in [0.25, 0.3) is 0 Å². The van der Waals surface area contributed by atoms with Crippen LogP contribution in [0.2, 0.25) is 5.02 Å². The van der Waals surface area contributed by atoms with Crippen molar-refractivity contribution in [2.75, 3.05) is 17.5 Å². The van der Waals surface area contributed by atoms with Gasteiger partial charge in [0.2, 0.25) is 5.91 Å². The number of carbonyl (C=O) groups excluding carboxylic acids is 1. The first kappa shape index (κ1) is 22.7. The van der Waals surface area contributed by atoms with Crippen LogP contribution >= 0.6 is 11.6 Å². The molecule has 0 fully saturated rings. The molecule has 8 heteroatoms. The standard InChI is InChI=1S/C23H23ClN2O4S/c1-2-30-21-14-8-18(9-15-21)16-25-23(27)17-26(20-12-10-19(24)11-13-20)31(28,29)22-6-4-3-5-7-22/h3-15H,2,16-17H2,1H3,(H,25,27). The molecule has 0 bridgehead atoms. The highest BCUT2D eigenvalue weighted by Crippen LogP contribution is 2.25. The van der Waals surface area contributed by atoms with Crippen LogP contribution in [-0.2, 0) is 21.4 Å². The van der Waals surface area contributed by atoms with Crippen molar-refractivity contribution in [1.29, 1.82) is 0 Å². The zero-order valence-electron chi connectivity index (χ0n) is 17.0. The first-order chi connectivity index (χ1) is 14.9. The van der Waals surface area contributed by atoms with E-state index in [-0.39, 0.29) is 18.0 Å². The molecule has 0 aliphatic rings. The molecule has 3 aromatic carbocycles. The van der Waals surface area contributed by atoms with Gasteiger partial charge in [-0.25, -0.2) is 8.42 Å². The molecular formula is C23H23ClN2O4S. The Morgan fingerprint density at radius 1 is 0.968 bits per heavy atom. The highest BCUT2D eigenvalue weighted by molar-refractivity contribution is 7.92. The number of nitrogens with zero attached hydrogens (tertiary/aromatic N) is 1. The maximum absolute atomic E-state index is 13.2. The SMILES string of the molecule is CCOc1ccc(CNC(=O)CN(c2ccc(Cl)cc2)S(=O)(=O)c2ccccc2)cc1. The predicted molar refractivity (Wildman–Crippen MR) is 122 cm³/mol. The number of amides is 1. The Morgan fingerprint density at radius 2 is 1.61 bits per heavy atom. The van der Waals surface area contributed by atoms with Gasteiger partial charge in [-0.1, -0.05) is 41.9 Å². The fourth-order valence-corrected chi connectivity index (χ4v) is 4.47. The summed E-state index contributed by atoms with van der Waals surface area (Å²) in [6.07, 6.45) is 0. The quantitative estimate of drug-likeness (QED) is 0.520. The molecule has 3 rings (SSSR count). The number of benzene rings is 3. The molecule has 6 nitrogen and oxygen atoms in total. The minimum Gasteiger partial charge on any atom is -0.494 e. The van der Waals surface area contributed by atoms with E-state index in [1.54, 1.807) is 42.5 Å². The Morgan fingerprint density at radius 3 is 2.23 bits per heavy atom. The van der Waals surface area contributed by atoms with Crippen molar-refractivity contribution >= 4 is 33.2 Å². The van der Waals surface area contributed by atoms with Gasteiger partial charge in [-0.3, -0.25) is 9.10 Å². The largest absolute Gasteiger partial charge is 0.494 e. The lowest BCUT2D eigenvalue weighted by Crippen LogP contribution is -2.40. The van der Waals surface area contributed by atoms with E-state index in [1.165, 1.54) is 12.1 Å². The van der Waals surface area contributed by atoms with Gasteiger partial charge in [-0.15, -0.1) is 0 Å². The van der Waals surface area contributed by atoms with Crippen molar-refractivity contribution in [2.45, 2.75) is 18.4 Å². The van der Waals surface area contributed by atoms with Crippen LogP contribution in [0.1, 0.15) is 12.5 Å². The van der Waals surface area contributed by atoms with Gasteiger partial charge in [0, 0.05) is 11.6 Å². The first-order valence-corrected chi connectivity index (χ1v) is 11.5. The van der Waals surface area contributed by atoms with E-state index >= 15 is 0 Å². The molecule has 0 aliphatic carbocycles. The van der Waals surface area contributed by atoms with E-state index < -0.39 is 15.9 Å². The molecule has 0 saturated heterocycles. The third-order valence-electron chi connectivity index (χ3n) is 4.46. The monoisotopic (exact) mass is 458 g/mol. The Balaban J connectivity index is 1.76. The van der Waals surface area contributed by atoms with Gasteiger partial charge < -0.3 is 10.1 Å². The normalized spacial score (nSPS) is 11.0. The Hall–Kier alpha value is -3.03. The number of nitrogens with one attached hydrogen (secondary N) is 1. The lowest BCUT2D eigenvalue weighted by molar-refractivity contribution is -0.119. The molecule has 1 amide bonds. The van der Waals surface area contributed by atoms with Crippen LogP contribution in [0, 0.1) is 0 Å². The number of ether oxygens (including phenoxy) is 1. The third-order valence-corrected chi connectivity index (χ3v) is 6.50. The summed E-state index contributed by atoms with van der Waals surface area (Å²) in [7, 11) is -3.94. The fraction of sp³-hybridized carbons (Fsp3) is 0.174. The van der Waals surface area contributed by atoms with E-state index in [2.05, 4.69) is 5.32 Å². The minimum absolute atomic E-state index is 0.101. The average Bonchev–Trinajstić information content (AvgIpc) is 2.78. The molecule has 31 heavy (non-hydrogen) atoms. The lowest BCUT2D eigenvalue weighted by atomic mass is 10.2. The summed E-state index contributed by atoms with van der Waals surface area (Å²) in [5.74, 6) is 0.323. The van der Waals surface area contributed by atoms with Gasteiger partial charge in [0.25, 0.3) is 10.0 Å². The molecule has 0 atom stereocenters. The van der Waals surface area contributed by atoms with Crippen LogP contribution in [0.15, 0.2) is 83.8 Å². The van der Waals surface area contributed by atoms with E-state index in [4.69, 9.17) is 16.3 Å². The summed E-state index contributed by atoms with van der Waals surface area (Å²) in [5.41, 5.74) is 1.23.